The van der Waals surface area contributed by atoms with Gasteiger partial charge in [0.1, 0.15) is 11.6 Å². The van der Waals surface area contributed by atoms with Crippen molar-refractivity contribution >= 4 is 11.9 Å². The predicted octanol–water partition coefficient (Wildman–Crippen LogP) is 6.49. The predicted molar refractivity (Wildman–Crippen MR) is 191 cm³/mol. The molecule has 0 radical (unpaired) electrons. The van der Waals surface area contributed by atoms with Crippen LogP contribution in [0.25, 0.3) is 0 Å². The van der Waals surface area contributed by atoms with Crippen LogP contribution in [0.3, 0.4) is 0 Å². The van der Waals surface area contributed by atoms with Gasteiger partial charge in [-0.05, 0) is 93.2 Å². The van der Waals surface area contributed by atoms with E-state index in [1.54, 1.807) is 18.2 Å². The van der Waals surface area contributed by atoms with E-state index in [0.717, 1.165) is 75.1 Å². The highest BCUT2D eigenvalue weighted by Gasteiger charge is 2.35. The molecule has 1 amide bonds. The number of ether oxygens (including phenoxy) is 1. The van der Waals surface area contributed by atoms with Crippen LogP contribution in [-0.4, -0.2) is 101 Å². The number of carbonyl (C=O) groups excluding carboxylic acids is 2. The third-order valence-electron chi connectivity index (χ3n) is 9.97. The van der Waals surface area contributed by atoms with Crippen molar-refractivity contribution in [3.8, 4) is 5.75 Å². The molecule has 3 atom stereocenters. The number of carbonyl (C=O) groups is 2. The fraction of sp³-hybridized carbons (Fsp3) is 0.500. The van der Waals surface area contributed by atoms with Crippen LogP contribution in [0.5, 0.6) is 5.75 Å². The number of benzene rings is 3. The maximum Gasteiger partial charge on any atom is 0.305 e. The molecule has 8 nitrogen and oxygen atoms in total. The Morgan fingerprint density at radius 2 is 1.57 bits per heavy atom. The summed E-state index contributed by atoms with van der Waals surface area (Å²) in [6.45, 7) is 13.1. The quantitative estimate of drug-likeness (QED) is 0.155. The molecule has 264 valence electrons. The van der Waals surface area contributed by atoms with Crippen LogP contribution in [0, 0.1) is 5.82 Å². The molecule has 0 aromatic heterocycles. The second-order valence-electron chi connectivity index (χ2n) is 13.7. The second kappa shape index (κ2) is 17.7. The molecule has 2 saturated heterocycles. The smallest absolute Gasteiger partial charge is 0.305 e. The van der Waals surface area contributed by atoms with Crippen molar-refractivity contribution in [1.29, 1.82) is 0 Å². The summed E-state index contributed by atoms with van der Waals surface area (Å²) in [4.78, 5) is 34.6. The summed E-state index contributed by atoms with van der Waals surface area (Å²) in [5, 5.41) is 10.5. The summed E-state index contributed by atoms with van der Waals surface area (Å²) in [5.41, 5.74) is 3.66. The van der Waals surface area contributed by atoms with E-state index in [4.69, 9.17) is 4.74 Å². The van der Waals surface area contributed by atoms with Crippen LogP contribution in [0.15, 0.2) is 72.8 Å². The van der Waals surface area contributed by atoms with Crippen LogP contribution < -0.4 is 0 Å². The van der Waals surface area contributed by atoms with E-state index in [2.05, 4.69) is 40.7 Å². The first-order valence-corrected chi connectivity index (χ1v) is 18.0. The van der Waals surface area contributed by atoms with Crippen molar-refractivity contribution in [1.82, 2.24) is 19.6 Å². The van der Waals surface area contributed by atoms with Crippen LogP contribution in [0.4, 0.5) is 4.39 Å². The molecule has 0 aliphatic carbocycles. The second-order valence-corrected chi connectivity index (χ2v) is 13.7. The number of halogens is 1. The van der Waals surface area contributed by atoms with E-state index < -0.39 is 0 Å². The number of unbranched alkanes of at least 4 members (excludes halogenated alkanes) is 3. The molecule has 0 unspecified atom stereocenters. The summed E-state index contributed by atoms with van der Waals surface area (Å²) in [7, 11) is 0. The van der Waals surface area contributed by atoms with Gasteiger partial charge in [0.2, 0.25) is 0 Å². The highest BCUT2D eigenvalue weighted by atomic mass is 19.1. The number of nitrogens with zero attached hydrogens (tertiary/aromatic N) is 4. The van der Waals surface area contributed by atoms with Gasteiger partial charge in [0.25, 0.3) is 5.91 Å². The van der Waals surface area contributed by atoms with Gasteiger partial charge < -0.3 is 14.7 Å². The molecule has 0 bridgehead atoms. The van der Waals surface area contributed by atoms with Gasteiger partial charge in [0, 0.05) is 69.9 Å². The number of hydrogen-bond acceptors (Lipinski definition) is 7. The third kappa shape index (κ3) is 10.1. The minimum absolute atomic E-state index is 0.0523. The molecule has 2 heterocycles. The number of phenols is 1. The van der Waals surface area contributed by atoms with E-state index in [-0.39, 0.29) is 41.6 Å². The standard InChI is InChI=1S/C40H53FN4O4/c1-4-49-38(47)18-7-5-6-8-19-42-20-22-43(23-21-42)40(48)35-15-10-13-33(25-35)39(34-14-11-17-37(46)26-34)45-28-30(2)44(27-31(45)3)29-32-12-9-16-36(41)24-32/h9-17,24-26,30-31,39,46H,4-8,18-23,27-29H2,1-3H3/t30-,31+,39-/m1/s1. The summed E-state index contributed by atoms with van der Waals surface area (Å²) in [6, 6.07) is 22.5. The lowest BCUT2D eigenvalue weighted by atomic mass is 9.92. The van der Waals surface area contributed by atoms with Crippen molar-refractivity contribution in [2.45, 2.75) is 77.5 Å². The van der Waals surface area contributed by atoms with E-state index in [9.17, 15) is 19.1 Å². The molecule has 0 saturated carbocycles. The molecule has 2 aliphatic rings. The molecular weight excluding hydrogens is 619 g/mol. The van der Waals surface area contributed by atoms with Crippen molar-refractivity contribution in [3.63, 3.8) is 0 Å². The largest absolute Gasteiger partial charge is 0.508 e. The molecule has 9 heteroatoms. The van der Waals surface area contributed by atoms with E-state index in [0.29, 0.717) is 38.2 Å². The topological polar surface area (TPSA) is 76.6 Å². The third-order valence-corrected chi connectivity index (χ3v) is 9.97. The average Bonchev–Trinajstić information content (AvgIpc) is 3.09. The van der Waals surface area contributed by atoms with Crippen molar-refractivity contribution in [2.24, 2.45) is 0 Å². The van der Waals surface area contributed by atoms with Gasteiger partial charge in [0.15, 0.2) is 0 Å². The molecule has 1 N–H and O–H groups in total. The fourth-order valence-corrected chi connectivity index (χ4v) is 7.34. The zero-order valence-electron chi connectivity index (χ0n) is 29.4. The normalized spacial score (nSPS) is 19.9. The number of esters is 1. The molecule has 2 aliphatic heterocycles. The summed E-state index contributed by atoms with van der Waals surface area (Å²) in [6.07, 6.45) is 4.57. The minimum atomic E-state index is -0.215. The van der Waals surface area contributed by atoms with Crippen LogP contribution in [0.1, 0.15) is 86.0 Å². The van der Waals surface area contributed by atoms with Crippen molar-refractivity contribution in [3.05, 3.63) is 101 Å². The SMILES string of the molecule is CCOC(=O)CCCCCCN1CCN(C(=O)c2cccc([C@H](c3cccc(O)c3)N3C[C@@H](C)N(Cc4cccc(F)c4)C[C@@H]3C)c2)CC1. The van der Waals surface area contributed by atoms with Gasteiger partial charge in [-0.3, -0.25) is 24.3 Å². The summed E-state index contributed by atoms with van der Waals surface area (Å²) < 4.78 is 18.9. The van der Waals surface area contributed by atoms with Gasteiger partial charge in [0.05, 0.1) is 12.6 Å². The Balaban J connectivity index is 1.22. The first-order chi connectivity index (χ1) is 23.7. The molecule has 2 fully saturated rings. The minimum Gasteiger partial charge on any atom is -0.508 e. The number of phenolic OH excluding ortho intramolecular Hbond substituents is 1. The monoisotopic (exact) mass is 672 g/mol. The zero-order chi connectivity index (χ0) is 34.8. The average molecular weight is 673 g/mol. The van der Waals surface area contributed by atoms with Crippen molar-refractivity contribution in [2.75, 3.05) is 52.4 Å². The van der Waals surface area contributed by atoms with Gasteiger partial charge in [-0.15, -0.1) is 0 Å². The molecule has 0 spiro atoms. The Morgan fingerprint density at radius 3 is 2.31 bits per heavy atom. The molecular formula is C40H53FN4O4. The van der Waals surface area contributed by atoms with Crippen molar-refractivity contribution < 1.29 is 23.8 Å². The molecule has 5 rings (SSSR count). The molecule has 49 heavy (non-hydrogen) atoms. The Kier molecular flexibility index (Phi) is 13.2. The van der Waals surface area contributed by atoms with Gasteiger partial charge in [-0.1, -0.05) is 49.2 Å². The number of hydrogen-bond donors (Lipinski definition) is 1. The van der Waals surface area contributed by atoms with Crippen LogP contribution >= 0.6 is 0 Å². The number of rotatable bonds is 14. The Bertz CT molecular complexity index is 1530. The lowest BCUT2D eigenvalue weighted by Gasteiger charge is -2.47. The Morgan fingerprint density at radius 1 is 0.857 bits per heavy atom. The van der Waals surface area contributed by atoms with Gasteiger partial charge in [-0.25, -0.2) is 4.39 Å². The fourth-order valence-electron chi connectivity index (χ4n) is 7.34. The van der Waals surface area contributed by atoms with Gasteiger partial charge in [-0.2, -0.15) is 0 Å². The number of aromatic hydroxyl groups is 1. The lowest BCUT2D eigenvalue weighted by molar-refractivity contribution is -0.143. The van der Waals surface area contributed by atoms with Crippen LogP contribution in [0.2, 0.25) is 0 Å². The molecule has 3 aromatic carbocycles. The maximum absolute atomic E-state index is 13.9. The van der Waals surface area contributed by atoms with E-state index >= 15 is 0 Å². The highest BCUT2D eigenvalue weighted by Crippen LogP contribution is 2.35. The number of amides is 1. The summed E-state index contributed by atoms with van der Waals surface area (Å²) in [5.74, 6) is -0.0519. The van der Waals surface area contributed by atoms with E-state index in [1.807, 2.05) is 48.2 Å². The zero-order valence-corrected chi connectivity index (χ0v) is 29.4. The number of piperazine rings is 2. The molecule has 3 aromatic rings. The van der Waals surface area contributed by atoms with Gasteiger partial charge >= 0.3 is 5.97 Å². The maximum atomic E-state index is 13.9. The Labute approximate surface area is 291 Å². The highest BCUT2D eigenvalue weighted by molar-refractivity contribution is 5.94. The lowest BCUT2D eigenvalue weighted by Crippen LogP contribution is -2.56. The summed E-state index contributed by atoms with van der Waals surface area (Å²) >= 11 is 0. The Hall–Kier alpha value is -3.79. The first kappa shape index (κ1) is 36.5. The van der Waals surface area contributed by atoms with Crippen LogP contribution in [-0.2, 0) is 16.1 Å². The first-order valence-electron chi connectivity index (χ1n) is 18.0. The van der Waals surface area contributed by atoms with E-state index in [1.165, 1.54) is 6.07 Å².